The summed E-state index contributed by atoms with van der Waals surface area (Å²) in [5.74, 6) is -2.96. The first-order valence-corrected chi connectivity index (χ1v) is 12.0. The number of ketones is 1. The van der Waals surface area contributed by atoms with Gasteiger partial charge in [-0.05, 0) is 48.5 Å². The number of imide groups is 2. The van der Waals surface area contributed by atoms with Crippen molar-refractivity contribution in [3.8, 4) is 0 Å². The van der Waals surface area contributed by atoms with E-state index in [-0.39, 0.29) is 44.8 Å². The van der Waals surface area contributed by atoms with E-state index in [9.17, 15) is 33.6 Å². The number of amides is 4. The average Bonchev–Trinajstić information content (AvgIpc) is 3.39. The van der Waals surface area contributed by atoms with Crippen LogP contribution in [0.15, 0.2) is 84.9 Å². The predicted molar refractivity (Wildman–Crippen MR) is 142 cm³/mol. The minimum atomic E-state index is -0.638. The summed E-state index contributed by atoms with van der Waals surface area (Å²) in [4.78, 5) is 89.9. The number of aldehydes is 2. The van der Waals surface area contributed by atoms with Crippen LogP contribution in [0.3, 0.4) is 0 Å². The van der Waals surface area contributed by atoms with Crippen molar-refractivity contribution in [1.29, 1.82) is 0 Å². The number of anilines is 2. The molecule has 6 rings (SSSR count). The minimum Gasteiger partial charge on any atom is -0.298 e. The number of carbonyl (C=O) groups excluding carboxylic acids is 7. The van der Waals surface area contributed by atoms with Crippen LogP contribution in [0.5, 0.6) is 0 Å². The Morgan fingerprint density at radius 3 is 1.30 bits per heavy atom. The van der Waals surface area contributed by atoms with Crippen molar-refractivity contribution in [3.63, 3.8) is 0 Å². The van der Waals surface area contributed by atoms with Crippen molar-refractivity contribution < 1.29 is 33.6 Å². The Bertz CT molecular complexity index is 1720. The van der Waals surface area contributed by atoms with E-state index >= 15 is 0 Å². The number of benzene rings is 4. The maximum absolute atomic E-state index is 13.4. The van der Waals surface area contributed by atoms with Crippen LogP contribution in [-0.2, 0) is 0 Å². The fraction of sp³-hybridized carbons (Fsp3) is 0. The fourth-order valence-corrected chi connectivity index (χ4v) is 4.87. The Hall–Kier alpha value is -5.83. The molecular weight excluding hydrogens is 512 g/mol. The van der Waals surface area contributed by atoms with Crippen LogP contribution in [0, 0.1) is 0 Å². The lowest BCUT2D eigenvalue weighted by molar-refractivity contribution is 0.0910. The molecule has 0 saturated heterocycles. The Morgan fingerprint density at radius 2 is 0.900 bits per heavy atom. The van der Waals surface area contributed by atoms with Crippen molar-refractivity contribution >= 4 is 53.4 Å². The van der Waals surface area contributed by atoms with Gasteiger partial charge in [0, 0.05) is 22.3 Å². The standard InChI is InChI=1S/C31H16N2O7/c34-15-17-3-1-5-21(11-17)32-28(37)23-9-7-19(13-25(23)30(32)39)27(36)20-8-10-24-26(14-20)31(40)33(29(24)38)22-6-2-4-18(12-22)16-35/h1-16H. The highest BCUT2D eigenvalue weighted by Gasteiger charge is 2.39. The molecule has 4 aromatic rings. The van der Waals surface area contributed by atoms with Crippen LogP contribution in [0.2, 0.25) is 0 Å². The summed E-state index contributed by atoms with van der Waals surface area (Å²) in [7, 11) is 0. The highest BCUT2D eigenvalue weighted by molar-refractivity contribution is 6.36. The second-order valence-electron chi connectivity index (χ2n) is 9.17. The van der Waals surface area contributed by atoms with E-state index in [4.69, 9.17) is 0 Å². The Kier molecular flexibility index (Phi) is 5.62. The zero-order chi connectivity index (χ0) is 28.1. The lowest BCUT2D eigenvalue weighted by Gasteiger charge is -2.13. The summed E-state index contributed by atoms with van der Waals surface area (Å²) in [6.07, 6.45) is 1.21. The molecule has 4 amide bonds. The number of fused-ring (bicyclic) bond motifs is 2. The van der Waals surface area contributed by atoms with Crippen LogP contribution in [-0.4, -0.2) is 42.0 Å². The molecule has 0 radical (unpaired) electrons. The lowest BCUT2D eigenvalue weighted by Crippen LogP contribution is -2.29. The van der Waals surface area contributed by atoms with Crippen molar-refractivity contribution in [3.05, 3.63) is 129 Å². The molecular formula is C31H16N2O7. The third-order valence-corrected chi connectivity index (χ3v) is 6.83. The summed E-state index contributed by atoms with van der Waals surface area (Å²) in [6, 6.07) is 20.3. The van der Waals surface area contributed by atoms with Crippen LogP contribution in [0.4, 0.5) is 11.4 Å². The second kappa shape index (κ2) is 9.17. The van der Waals surface area contributed by atoms with Gasteiger partial charge >= 0.3 is 0 Å². The van der Waals surface area contributed by atoms with Crippen LogP contribution in [0.1, 0.15) is 78.1 Å². The number of hydrogen-bond acceptors (Lipinski definition) is 7. The van der Waals surface area contributed by atoms with Gasteiger partial charge in [0.1, 0.15) is 12.6 Å². The van der Waals surface area contributed by atoms with E-state index in [0.717, 1.165) is 9.80 Å². The van der Waals surface area contributed by atoms with Crippen molar-refractivity contribution in [2.24, 2.45) is 0 Å². The summed E-state index contributed by atoms with van der Waals surface area (Å²) in [5.41, 5.74) is 1.55. The summed E-state index contributed by atoms with van der Waals surface area (Å²) >= 11 is 0. The Balaban J connectivity index is 1.31. The normalized spacial score (nSPS) is 13.9. The first kappa shape index (κ1) is 24.5. The topological polar surface area (TPSA) is 126 Å². The molecule has 2 aliphatic rings. The van der Waals surface area contributed by atoms with Crippen molar-refractivity contribution in [1.82, 2.24) is 0 Å². The SMILES string of the molecule is O=Cc1cccc(N2C(=O)c3ccc(C(=O)c4ccc5c(c4)C(=O)N(c4cccc(C=O)c4)C5=O)cc3C2=O)c1. The molecule has 9 heteroatoms. The molecule has 40 heavy (non-hydrogen) atoms. The summed E-state index contributed by atoms with van der Waals surface area (Å²) < 4.78 is 0. The molecule has 0 spiro atoms. The minimum absolute atomic E-state index is 0.0287. The molecule has 0 bridgehead atoms. The average molecular weight is 528 g/mol. The molecule has 2 heterocycles. The highest BCUT2D eigenvalue weighted by Crippen LogP contribution is 2.32. The zero-order valence-corrected chi connectivity index (χ0v) is 20.5. The van der Waals surface area contributed by atoms with Gasteiger partial charge in [0.15, 0.2) is 5.78 Å². The maximum Gasteiger partial charge on any atom is 0.266 e. The maximum atomic E-state index is 13.4. The van der Waals surface area contributed by atoms with Crippen LogP contribution in [0.25, 0.3) is 0 Å². The predicted octanol–water partition coefficient (Wildman–Crippen LogP) is 4.14. The molecule has 0 saturated carbocycles. The van der Waals surface area contributed by atoms with Crippen molar-refractivity contribution in [2.45, 2.75) is 0 Å². The van der Waals surface area contributed by atoms with Gasteiger partial charge in [0.2, 0.25) is 0 Å². The molecule has 9 nitrogen and oxygen atoms in total. The quantitative estimate of drug-likeness (QED) is 0.209. The van der Waals surface area contributed by atoms with Crippen molar-refractivity contribution in [2.75, 3.05) is 9.80 Å². The van der Waals surface area contributed by atoms with Gasteiger partial charge < -0.3 is 0 Å². The van der Waals surface area contributed by atoms with Gasteiger partial charge in [0.25, 0.3) is 23.6 Å². The Morgan fingerprint density at radius 1 is 0.500 bits per heavy atom. The highest BCUT2D eigenvalue weighted by atomic mass is 16.2. The van der Waals surface area contributed by atoms with E-state index in [1.54, 1.807) is 24.3 Å². The molecule has 4 aromatic carbocycles. The molecule has 0 aromatic heterocycles. The third kappa shape index (κ3) is 3.68. The van der Waals surface area contributed by atoms with E-state index < -0.39 is 29.4 Å². The first-order valence-electron chi connectivity index (χ1n) is 12.0. The van der Waals surface area contributed by atoms with Gasteiger partial charge in [-0.25, -0.2) is 9.80 Å². The van der Waals surface area contributed by atoms with Crippen LogP contribution < -0.4 is 9.80 Å². The summed E-state index contributed by atoms with van der Waals surface area (Å²) in [5, 5.41) is 0. The van der Waals surface area contributed by atoms with E-state index in [0.29, 0.717) is 23.7 Å². The number of hydrogen-bond donors (Lipinski definition) is 0. The zero-order valence-electron chi connectivity index (χ0n) is 20.5. The molecule has 0 fully saturated rings. The van der Waals surface area contributed by atoms with E-state index in [1.165, 1.54) is 60.7 Å². The molecule has 0 atom stereocenters. The summed E-state index contributed by atoms with van der Waals surface area (Å²) in [6.45, 7) is 0. The monoisotopic (exact) mass is 528 g/mol. The lowest BCUT2D eigenvalue weighted by atomic mass is 9.96. The second-order valence-corrected chi connectivity index (χ2v) is 9.17. The van der Waals surface area contributed by atoms with Gasteiger partial charge in [-0.15, -0.1) is 0 Å². The smallest absolute Gasteiger partial charge is 0.266 e. The number of carbonyl (C=O) groups is 7. The molecule has 0 aliphatic carbocycles. The van der Waals surface area contributed by atoms with E-state index in [2.05, 4.69) is 0 Å². The third-order valence-electron chi connectivity index (χ3n) is 6.83. The van der Waals surface area contributed by atoms with Gasteiger partial charge in [0.05, 0.1) is 33.6 Å². The number of rotatable bonds is 6. The number of nitrogens with zero attached hydrogens (tertiary/aromatic N) is 2. The van der Waals surface area contributed by atoms with Gasteiger partial charge in [-0.2, -0.15) is 0 Å². The van der Waals surface area contributed by atoms with E-state index in [1.807, 2.05) is 0 Å². The fourth-order valence-electron chi connectivity index (χ4n) is 4.87. The molecule has 0 N–H and O–H groups in total. The Labute approximate surface area is 226 Å². The van der Waals surface area contributed by atoms with Gasteiger partial charge in [-0.3, -0.25) is 33.6 Å². The molecule has 192 valence electrons. The first-order chi connectivity index (χ1) is 19.3. The van der Waals surface area contributed by atoms with Gasteiger partial charge in [-0.1, -0.05) is 36.4 Å². The molecule has 2 aliphatic heterocycles. The molecule has 0 unspecified atom stereocenters. The van der Waals surface area contributed by atoms with Crippen LogP contribution >= 0.6 is 0 Å². The largest absolute Gasteiger partial charge is 0.298 e.